The average molecular weight is 314 g/mol. The normalized spacial score (nSPS) is 18.4. The Morgan fingerprint density at radius 2 is 2.29 bits per heavy atom. The molecule has 1 heterocycles. The van der Waals surface area contributed by atoms with Crippen molar-refractivity contribution in [2.75, 3.05) is 18.4 Å². The molecule has 1 fully saturated rings. The molecule has 0 saturated carbocycles. The van der Waals surface area contributed by atoms with E-state index in [1.807, 2.05) is 6.92 Å². The van der Waals surface area contributed by atoms with Crippen molar-refractivity contribution in [3.63, 3.8) is 0 Å². The summed E-state index contributed by atoms with van der Waals surface area (Å²) in [6, 6.07) is 6.31. The fraction of sp³-hybridized carbons (Fsp3) is 0.429. The van der Waals surface area contributed by atoms with Crippen LogP contribution in [0.3, 0.4) is 0 Å². The molecule has 2 amide bonds. The molecule has 4 nitrogen and oxygen atoms in total. The minimum atomic E-state index is -2.50. The number of halogens is 2. The van der Waals surface area contributed by atoms with Gasteiger partial charge < -0.3 is 10.2 Å². The maximum absolute atomic E-state index is 12.3. The summed E-state index contributed by atoms with van der Waals surface area (Å²) in [7, 11) is 0. The first-order chi connectivity index (χ1) is 9.99. The van der Waals surface area contributed by atoms with Crippen molar-refractivity contribution >= 4 is 29.3 Å². The highest BCUT2D eigenvalue weighted by molar-refractivity contribution is 7.99. The Labute approximate surface area is 125 Å². The van der Waals surface area contributed by atoms with Gasteiger partial charge >= 0.3 is 0 Å². The van der Waals surface area contributed by atoms with Gasteiger partial charge in [0.25, 0.3) is 5.76 Å². The van der Waals surface area contributed by atoms with E-state index < -0.39 is 5.76 Å². The highest BCUT2D eigenvalue weighted by atomic mass is 32.2. The molecule has 1 aromatic carbocycles. The summed E-state index contributed by atoms with van der Waals surface area (Å²) in [5.74, 6) is -3.16. The molecule has 1 atom stereocenters. The number of thioether (sulfide) groups is 1. The molecule has 7 heteroatoms. The summed E-state index contributed by atoms with van der Waals surface area (Å²) in [4.78, 5) is 25.7. The standard InChI is InChI=1S/C14H16F2N2O2S/c1-2-18-8-9(6-12(18)19)13(20)17-10-4-3-5-11(7-10)21-14(15)16/h3-5,7,9,14H,2,6,8H2,1H3,(H,17,20)/t9-/m1/s1. The number of benzene rings is 1. The number of amides is 2. The molecule has 1 aliphatic rings. The fourth-order valence-corrected chi connectivity index (χ4v) is 2.81. The van der Waals surface area contributed by atoms with Crippen molar-refractivity contribution in [2.24, 2.45) is 5.92 Å². The van der Waals surface area contributed by atoms with Crippen LogP contribution in [-0.4, -0.2) is 35.6 Å². The van der Waals surface area contributed by atoms with Crippen molar-refractivity contribution < 1.29 is 18.4 Å². The van der Waals surface area contributed by atoms with E-state index >= 15 is 0 Å². The van der Waals surface area contributed by atoms with E-state index in [1.54, 1.807) is 23.1 Å². The molecule has 1 saturated heterocycles. The summed E-state index contributed by atoms with van der Waals surface area (Å²) in [5, 5.41) is 2.69. The summed E-state index contributed by atoms with van der Waals surface area (Å²) < 4.78 is 24.6. The summed E-state index contributed by atoms with van der Waals surface area (Å²) in [6.07, 6.45) is 0.200. The molecule has 0 radical (unpaired) electrons. The third kappa shape index (κ3) is 4.17. The average Bonchev–Trinajstić information content (AvgIpc) is 2.79. The lowest BCUT2D eigenvalue weighted by atomic mass is 10.1. The van der Waals surface area contributed by atoms with Gasteiger partial charge in [0.05, 0.1) is 5.92 Å². The number of anilines is 1. The second-order valence-electron chi connectivity index (χ2n) is 4.73. The van der Waals surface area contributed by atoms with E-state index in [2.05, 4.69) is 5.32 Å². The Bertz CT molecular complexity index is 539. The zero-order valence-electron chi connectivity index (χ0n) is 11.5. The maximum Gasteiger partial charge on any atom is 0.288 e. The zero-order valence-corrected chi connectivity index (χ0v) is 12.3. The third-order valence-electron chi connectivity index (χ3n) is 3.29. The van der Waals surface area contributed by atoms with Crippen LogP contribution in [0.25, 0.3) is 0 Å². The van der Waals surface area contributed by atoms with Gasteiger partial charge in [0, 0.05) is 30.1 Å². The van der Waals surface area contributed by atoms with Gasteiger partial charge in [0.15, 0.2) is 0 Å². The van der Waals surface area contributed by atoms with E-state index in [4.69, 9.17) is 0 Å². The Morgan fingerprint density at radius 3 is 2.90 bits per heavy atom. The lowest BCUT2D eigenvalue weighted by molar-refractivity contribution is -0.128. The molecule has 1 aliphatic heterocycles. The van der Waals surface area contributed by atoms with Crippen molar-refractivity contribution in [1.82, 2.24) is 4.90 Å². The lowest BCUT2D eigenvalue weighted by Gasteiger charge is -2.14. The van der Waals surface area contributed by atoms with Crippen molar-refractivity contribution in [2.45, 2.75) is 24.0 Å². The number of carbonyl (C=O) groups is 2. The van der Waals surface area contributed by atoms with Crippen LogP contribution in [-0.2, 0) is 9.59 Å². The summed E-state index contributed by atoms with van der Waals surface area (Å²) in [5.41, 5.74) is 0.466. The van der Waals surface area contributed by atoms with Crippen molar-refractivity contribution in [1.29, 1.82) is 0 Å². The minimum Gasteiger partial charge on any atom is -0.342 e. The molecule has 2 rings (SSSR count). The van der Waals surface area contributed by atoms with Crippen LogP contribution in [0.15, 0.2) is 29.2 Å². The molecular formula is C14H16F2N2O2S. The SMILES string of the molecule is CCN1C[C@H](C(=O)Nc2cccc(SC(F)F)c2)CC1=O. The van der Waals surface area contributed by atoms with Gasteiger partial charge in [-0.2, -0.15) is 8.78 Å². The Morgan fingerprint density at radius 1 is 1.52 bits per heavy atom. The predicted octanol–water partition coefficient (Wildman–Crippen LogP) is 2.81. The number of rotatable bonds is 5. The zero-order chi connectivity index (χ0) is 15.4. The number of alkyl halides is 2. The number of likely N-dealkylation sites (tertiary alicyclic amines) is 1. The number of hydrogen-bond donors (Lipinski definition) is 1. The molecule has 0 unspecified atom stereocenters. The van der Waals surface area contributed by atoms with Gasteiger partial charge in [-0.25, -0.2) is 0 Å². The van der Waals surface area contributed by atoms with Crippen LogP contribution in [0.5, 0.6) is 0 Å². The van der Waals surface area contributed by atoms with Gasteiger partial charge in [-0.05, 0) is 25.1 Å². The molecule has 21 heavy (non-hydrogen) atoms. The number of nitrogens with zero attached hydrogens (tertiary/aromatic N) is 1. The number of hydrogen-bond acceptors (Lipinski definition) is 3. The van der Waals surface area contributed by atoms with E-state index in [-0.39, 0.29) is 24.2 Å². The first-order valence-corrected chi connectivity index (χ1v) is 7.51. The quantitative estimate of drug-likeness (QED) is 0.850. The predicted molar refractivity (Wildman–Crippen MR) is 77.3 cm³/mol. The van der Waals surface area contributed by atoms with Gasteiger partial charge in [0.1, 0.15) is 0 Å². The van der Waals surface area contributed by atoms with E-state index in [0.717, 1.165) is 0 Å². The van der Waals surface area contributed by atoms with E-state index in [0.29, 0.717) is 35.4 Å². The first-order valence-electron chi connectivity index (χ1n) is 6.63. The maximum atomic E-state index is 12.3. The third-order valence-corrected chi connectivity index (χ3v) is 4.00. The minimum absolute atomic E-state index is 0.0281. The van der Waals surface area contributed by atoms with Crippen LogP contribution in [0, 0.1) is 5.92 Å². The molecule has 0 spiro atoms. The van der Waals surface area contributed by atoms with Gasteiger partial charge in [-0.15, -0.1) is 0 Å². The lowest BCUT2D eigenvalue weighted by Crippen LogP contribution is -2.28. The monoisotopic (exact) mass is 314 g/mol. The highest BCUT2D eigenvalue weighted by Gasteiger charge is 2.33. The van der Waals surface area contributed by atoms with Crippen molar-refractivity contribution in [3.05, 3.63) is 24.3 Å². The number of nitrogens with one attached hydrogen (secondary N) is 1. The molecular weight excluding hydrogens is 298 g/mol. The summed E-state index contributed by atoms with van der Waals surface area (Å²) in [6.45, 7) is 2.86. The smallest absolute Gasteiger partial charge is 0.288 e. The van der Waals surface area contributed by atoms with Crippen LogP contribution < -0.4 is 5.32 Å². The van der Waals surface area contributed by atoms with Crippen molar-refractivity contribution in [3.8, 4) is 0 Å². The Hall–Kier alpha value is -1.63. The second kappa shape index (κ2) is 6.89. The second-order valence-corrected chi connectivity index (χ2v) is 5.79. The fourth-order valence-electron chi connectivity index (χ4n) is 2.25. The van der Waals surface area contributed by atoms with Crippen LogP contribution in [0.4, 0.5) is 14.5 Å². The molecule has 114 valence electrons. The number of carbonyl (C=O) groups excluding carboxylic acids is 2. The highest BCUT2D eigenvalue weighted by Crippen LogP contribution is 2.27. The molecule has 0 aromatic heterocycles. The molecule has 0 aliphatic carbocycles. The Kier molecular flexibility index (Phi) is 5.17. The van der Waals surface area contributed by atoms with Gasteiger partial charge in [0.2, 0.25) is 11.8 Å². The summed E-state index contributed by atoms with van der Waals surface area (Å²) >= 11 is 0.429. The Balaban J connectivity index is 1.98. The first kappa shape index (κ1) is 15.8. The van der Waals surface area contributed by atoms with Crippen LogP contribution in [0.1, 0.15) is 13.3 Å². The molecule has 1 N–H and O–H groups in total. The van der Waals surface area contributed by atoms with E-state index in [1.165, 1.54) is 6.07 Å². The molecule has 1 aromatic rings. The molecule has 0 bridgehead atoms. The van der Waals surface area contributed by atoms with Gasteiger partial charge in [-0.1, -0.05) is 17.8 Å². The van der Waals surface area contributed by atoms with Gasteiger partial charge in [-0.3, -0.25) is 9.59 Å². The largest absolute Gasteiger partial charge is 0.342 e. The topological polar surface area (TPSA) is 49.4 Å². The van der Waals surface area contributed by atoms with Crippen LogP contribution >= 0.6 is 11.8 Å². The van der Waals surface area contributed by atoms with Crippen LogP contribution in [0.2, 0.25) is 0 Å². The van der Waals surface area contributed by atoms with E-state index in [9.17, 15) is 18.4 Å².